The number of hydrogen-bond acceptors (Lipinski definition) is 5. The topological polar surface area (TPSA) is 92.3 Å². The lowest BCUT2D eigenvalue weighted by molar-refractivity contribution is 0.0747. The SMILES string of the molecule is CC.Nc1nc(C(=O)N2Cc3ccccc3C2)c2cc(C#CCO)ccc2n1. The van der Waals surface area contributed by atoms with E-state index in [-0.39, 0.29) is 24.2 Å². The van der Waals surface area contributed by atoms with Crippen LogP contribution < -0.4 is 5.73 Å². The van der Waals surface area contributed by atoms with E-state index < -0.39 is 0 Å². The maximum Gasteiger partial charge on any atom is 0.273 e. The summed E-state index contributed by atoms with van der Waals surface area (Å²) in [6.07, 6.45) is 0. The number of aliphatic hydroxyl groups is 1. The first-order valence-corrected chi connectivity index (χ1v) is 9.19. The highest BCUT2D eigenvalue weighted by Gasteiger charge is 2.26. The molecule has 0 spiro atoms. The number of carbonyl (C=O) groups is 1. The molecule has 3 aromatic rings. The van der Waals surface area contributed by atoms with E-state index in [1.54, 1.807) is 23.1 Å². The number of fused-ring (bicyclic) bond motifs is 2. The van der Waals surface area contributed by atoms with Gasteiger partial charge in [0, 0.05) is 24.0 Å². The van der Waals surface area contributed by atoms with Crippen LogP contribution in [0.5, 0.6) is 0 Å². The zero-order valence-electron chi connectivity index (χ0n) is 15.9. The first-order chi connectivity index (χ1) is 13.7. The molecule has 28 heavy (non-hydrogen) atoms. The van der Waals surface area contributed by atoms with E-state index in [1.165, 1.54) is 0 Å². The minimum atomic E-state index is -0.228. The van der Waals surface area contributed by atoms with Crippen LogP contribution in [0, 0.1) is 11.8 Å². The summed E-state index contributed by atoms with van der Waals surface area (Å²) >= 11 is 0. The van der Waals surface area contributed by atoms with Crippen LogP contribution in [-0.4, -0.2) is 32.5 Å². The minimum absolute atomic E-state index is 0.0618. The molecule has 2 aromatic carbocycles. The maximum atomic E-state index is 13.1. The fraction of sp³-hybridized carbons (Fsp3) is 0.227. The molecule has 6 nitrogen and oxygen atoms in total. The van der Waals surface area contributed by atoms with Gasteiger partial charge >= 0.3 is 0 Å². The first-order valence-electron chi connectivity index (χ1n) is 9.19. The third kappa shape index (κ3) is 3.80. The van der Waals surface area contributed by atoms with Crippen molar-refractivity contribution in [2.75, 3.05) is 12.3 Å². The Morgan fingerprint density at radius 2 is 1.82 bits per heavy atom. The number of rotatable bonds is 1. The van der Waals surface area contributed by atoms with Crippen molar-refractivity contribution < 1.29 is 9.90 Å². The Kier molecular flexibility index (Phi) is 5.87. The Hall–Kier alpha value is -3.43. The maximum absolute atomic E-state index is 13.1. The minimum Gasteiger partial charge on any atom is -0.384 e. The highest BCUT2D eigenvalue weighted by atomic mass is 16.2. The summed E-state index contributed by atoms with van der Waals surface area (Å²) in [5.41, 5.74) is 9.63. The highest BCUT2D eigenvalue weighted by Crippen LogP contribution is 2.26. The summed E-state index contributed by atoms with van der Waals surface area (Å²) in [5.74, 6) is 5.31. The van der Waals surface area contributed by atoms with E-state index in [0.29, 0.717) is 29.6 Å². The van der Waals surface area contributed by atoms with Crippen molar-refractivity contribution in [1.29, 1.82) is 0 Å². The van der Waals surface area contributed by atoms with Gasteiger partial charge in [0.15, 0.2) is 0 Å². The van der Waals surface area contributed by atoms with Crippen molar-refractivity contribution >= 4 is 22.8 Å². The molecule has 0 fully saturated rings. The third-order valence-corrected chi connectivity index (χ3v) is 4.36. The van der Waals surface area contributed by atoms with E-state index in [9.17, 15) is 4.79 Å². The fourth-order valence-electron chi connectivity index (χ4n) is 3.16. The second-order valence-corrected chi connectivity index (χ2v) is 6.05. The summed E-state index contributed by atoms with van der Waals surface area (Å²) in [4.78, 5) is 23.3. The van der Waals surface area contributed by atoms with Gasteiger partial charge in [-0.05, 0) is 29.3 Å². The van der Waals surface area contributed by atoms with Gasteiger partial charge in [0.25, 0.3) is 5.91 Å². The quantitative estimate of drug-likeness (QED) is 0.639. The predicted molar refractivity (Wildman–Crippen MR) is 109 cm³/mol. The Bertz CT molecular complexity index is 1060. The molecule has 0 unspecified atom stereocenters. The van der Waals surface area contributed by atoms with Gasteiger partial charge in [-0.25, -0.2) is 9.97 Å². The van der Waals surface area contributed by atoms with E-state index in [2.05, 4.69) is 21.8 Å². The van der Waals surface area contributed by atoms with E-state index in [0.717, 1.165) is 11.1 Å². The van der Waals surface area contributed by atoms with Gasteiger partial charge in [-0.15, -0.1) is 0 Å². The lowest BCUT2D eigenvalue weighted by Crippen LogP contribution is -2.27. The molecule has 0 saturated heterocycles. The molecule has 1 aromatic heterocycles. The molecular weight excluding hydrogens is 352 g/mol. The fourth-order valence-corrected chi connectivity index (χ4v) is 3.16. The van der Waals surface area contributed by atoms with Gasteiger partial charge in [0.1, 0.15) is 12.3 Å². The van der Waals surface area contributed by atoms with Crippen LogP contribution in [-0.2, 0) is 13.1 Å². The number of nitrogen functional groups attached to an aromatic ring is 1. The predicted octanol–water partition coefficient (Wildman–Crippen LogP) is 2.74. The molecule has 4 rings (SSSR count). The second kappa shape index (κ2) is 8.51. The standard InChI is InChI=1S/C20H16N4O2.C2H6/c21-20-22-17-8-7-13(4-3-9-25)10-16(17)18(23-20)19(26)24-11-14-5-1-2-6-15(14)12-24;1-2/h1-2,5-8,10,25H,9,11-12H2,(H2,21,22,23);1-2H3. The molecule has 0 atom stereocenters. The number of aliphatic hydroxyl groups excluding tert-OH is 1. The van der Waals surface area contributed by atoms with Gasteiger partial charge < -0.3 is 15.7 Å². The van der Waals surface area contributed by atoms with Crippen LogP contribution in [0.15, 0.2) is 42.5 Å². The van der Waals surface area contributed by atoms with Gasteiger partial charge in [0.2, 0.25) is 5.95 Å². The summed E-state index contributed by atoms with van der Waals surface area (Å²) in [6.45, 7) is 4.86. The number of carbonyl (C=O) groups excluding carboxylic acids is 1. The molecule has 0 saturated carbocycles. The number of aromatic nitrogens is 2. The zero-order chi connectivity index (χ0) is 20.1. The first kappa shape index (κ1) is 19.3. The van der Waals surface area contributed by atoms with Crippen molar-refractivity contribution in [3.05, 3.63) is 64.8 Å². The summed E-state index contributed by atoms with van der Waals surface area (Å²) in [6, 6.07) is 13.3. The van der Waals surface area contributed by atoms with Gasteiger partial charge in [-0.3, -0.25) is 4.79 Å². The van der Waals surface area contributed by atoms with E-state index in [1.807, 2.05) is 38.1 Å². The van der Waals surface area contributed by atoms with Crippen molar-refractivity contribution in [3.8, 4) is 11.8 Å². The number of anilines is 1. The van der Waals surface area contributed by atoms with Crippen molar-refractivity contribution in [3.63, 3.8) is 0 Å². The van der Waals surface area contributed by atoms with E-state index in [4.69, 9.17) is 10.8 Å². The van der Waals surface area contributed by atoms with Crippen LogP contribution in [0.1, 0.15) is 41.0 Å². The van der Waals surface area contributed by atoms with E-state index >= 15 is 0 Å². The Morgan fingerprint density at radius 1 is 1.14 bits per heavy atom. The third-order valence-electron chi connectivity index (χ3n) is 4.36. The molecule has 2 heterocycles. The largest absolute Gasteiger partial charge is 0.384 e. The Labute approximate surface area is 164 Å². The number of nitrogens with zero attached hydrogens (tertiary/aromatic N) is 3. The molecule has 0 bridgehead atoms. The monoisotopic (exact) mass is 374 g/mol. The summed E-state index contributed by atoms with van der Waals surface area (Å²) < 4.78 is 0. The van der Waals surface area contributed by atoms with Gasteiger partial charge in [0.05, 0.1) is 5.52 Å². The number of benzene rings is 2. The molecule has 3 N–H and O–H groups in total. The second-order valence-electron chi connectivity index (χ2n) is 6.05. The van der Waals surface area contributed by atoms with Crippen LogP contribution in [0.2, 0.25) is 0 Å². The molecule has 142 valence electrons. The van der Waals surface area contributed by atoms with Crippen LogP contribution in [0.4, 0.5) is 5.95 Å². The summed E-state index contributed by atoms with van der Waals surface area (Å²) in [5, 5.41) is 9.48. The molecular formula is C22H22N4O2. The average Bonchev–Trinajstić information content (AvgIpc) is 3.17. The van der Waals surface area contributed by atoms with Gasteiger partial charge in [-0.1, -0.05) is 50.0 Å². The molecule has 0 radical (unpaired) electrons. The normalized spacial score (nSPS) is 11.9. The summed E-state index contributed by atoms with van der Waals surface area (Å²) in [7, 11) is 0. The number of nitrogens with two attached hydrogens (primary N) is 1. The smallest absolute Gasteiger partial charge is 0.273 e. The zero-order valence-corrected chi connectivity index (χ0v) is 15.9. The number of amides is 1. The lowest BCUT2D eigenvalue weighted by Gasteiger charge is -2.16. The molecule has 6 heteroatoms. The van der Waals surface area contributed by atoms with Crippen molar-refractivity contribution in [2.24, 2.45) is 0 Å². The molecule has 1 amide bonds. The van der Waals surface area contributed by atoms with Crippen molar-refractivity contribution in [1.82, 2.24) is 14.9 Å². The van der Waals surface area contributed by atoms with Crippen LogP contribution >= 0.6 is 0 Å². The van der Waals surface area contributed by atoms with Crippen molar-refractivity contribution in [2.45, 2.75) is 26.9 Å². The molecule has 1 aliphatic heterocycles. The lowest BCUT2D eigenvalue weighted by atomic mass is 10.1. The number of hydrogen-bond donors (Lipinski definition) is 2. The van der Waals surface area contributed by atoms with Crippen LogP contribution in [0.25, 0.3) is 10.9 Å². The Morgan fingerprint density at radius 3 is 2.46 bits per heavy atom. The average molecular weight is 374 g/mol. The van der Waals surface area contributed by atoms with Crippen LogP contribution in [0.3, 0.4) is 0 Å². The molecule has 1 aliphatic rings. The van der Waals surface area contributed by atoms with Gasteiger partial charge in [-0.2, -0.15) is 0 Å². The molecule has 0 aliphatic carbocycles. The highest BCUT2D eigenvalue weighted by molar-refractivity contribution is 6.05. The Balaban J connectivity index is 0.00000109.